The minimum absolute atomic E-state index is 0.0515. The maximum atomic E-state index is 12.7. The Kier molecular flexibility index (Phi) is 6.99. The Balaban J connectivity index is 1.40. The number of carbonyl (C=O) groups is 3. The summed E-state index contributed by atoms with van der Waals surface area (Å²) in [5.74, 6) is -0.385. The maximum Gasteiger partial charge on any atom is 0.416 e. The van der Waals surface area contributed by atoms with Gasteiger partial charge in [0.25, 0.3) is 5.91 Å². The van der Waals surface area contributed by atoms with Crippen molar-refractivity contribution in [3.05, 3.63) is 35.4 Å². The largest absolute Gasteiger partial charge is 0.416 e. The van der Waals surface area contributed by atoms with Crippen molar-refractivity contribution in [3.63, 3.8) is 0 Å². The first-order valence-electron chi connectivity index (χ1n) is 10.3. The molecular weight excluding hydrogens is 399 g/mol. The molecule has 2 heterocycles. The van der Waals surface area contributed by atoms with Crippen molar-refractivity contribution >= 4 is 17.7 Å². The number of carbonyl (C=O) groups excluding carboxylic acids is 3. The number of nitrogens with zero attached hydrogens (tertiary/aromatic N) is 2. The van der Waals surface area contributed by atoms with Crippen LogP contribution in [0.25, 0.3) is 0 Å². The van der Waals surface area contributed by atoms with E-state index in [-0.39, 0.29) is 29.2 Å². The van der Waals surface area contributed by atoms with E-state index >= 15 is 0 Å². The summed E-state index contributed by atoms with van der Waals surface area (Å²) in [6.07, 6.45) is -1.18. The van der Waals surface area contributed by atoms with Crippen LogP contribution in [0, 0.1) is 5.92 Å². The second-order valence-electron chi connectivity index (χ2n) is 7.77. The third kappa shape index (κ3) is 5.52. The molecule has 0 aliphatic carbocycles. The number of rotatable bonds is 6. The molecule has 2 aliphatic heterocycles. The predicted molar refractivity (Wildman–Crippen MR) is 104 cm³/mol. The third-order valence-electron chi connectivity index (χ3n) is 5.69. The lowest BCUT2D eigenvalue weighted by molar-refractivity contribution is -0.137. The molecule has 0 aromatic heterocycles. The molecule has 0 spiro atoms. The number of piperidine rings is 1. The number of hydrogen-bond donors (Lipinski definition) is 1. The van der Waals surface area contributed by atoms with Gasteiger partial charge in [0.05, 0.1) is 5.56 Å². The summed E-state index contributed by atoms with van der Waals surface area (Å²) in [6, 6.07) is 4.19. The van der Waals surface area contributed by atoms with Crippen molar-refractivity contribution in [3.8, 4) is 0 Å². The van der Waals surface area contributed by atoms with Crippen LogP contribution in [-0.2, 0) is 15.8 Å². The standard InChI is InChI=1S/C21H26F3N3O3/c22-21(23,24)17-6-4-16(5-7-17)20(30)27-13-8-15(9-14-27)19(29)25-10-2-12-26-11-1-3-18(26)28/h4-7,15H,1-3,8-14H2,(H,25,29). The first-order valence-corrected chi connectivity index (χ1v) is 10.3. The van der Waals surface area contributed by atoms with Crippen molar-refractivity contribution in [1.29, 1.82) is 0 Å². The zero-order valence-corrected chi connectivity index (χ0v) is 16.7. The summed E-state index contributed by atoms with van der Waals surface area (Å²) in [5, 5.41) is 2.90. The number of nitrogens with one attached hydrogen (secondary N) is 1. The molecule has 30 heavy (non-hydrogen) atoms. The fourth-order valence-electron chi connectivity index (χ4n) is 3.90. The van der Waals surface area contributed by atoms with Gasteiger partial charge in [-0.15, -0.1) is 0 Å². The van der Waals surface area contributed by atoms with Crippen molar-refractivity contribution < 1.29 is 27.6 Å². The first kappa shape index (κ1) is 22.1. The van der Waals surface area contributed by atoms with Gasteiger partial charge in [-0.3, -0.25) is 14.4 Å². The Morgan fingerprint density at radius 3 is 2.30 bits per heavy atom. The lowest BCUT2D eigenvalue weighted by atomic mass is 9.95. The van der Waals surface area contributed by atoms with Crippen molar-refractivity contribution in [1.82, 2.24) is 15.1 Å². The molecule has 1 aromatic rings. The Hall–Kier alpha value is -2.58. The van der Waals surface area contributed by atoms with Gasteiger partial charge in [-0.25, -0.2) is 0 Å². The molecule has 2 aliphatic rings. The van der Waals surface area contributed by atoms with Gasteiger partial charge in [0.2, 0.25) is 11.8 Å². The molecular formula is C21H26F3N3O3. The Bertz CT molecular complexity index is 772. The summed E-state index contributed by atoms with van der Waals surface area (Å²) < 4.78 is 38.0. The maximum absolute atomic E-state index is 12.7. The molecule has 0 saturated carbocycles. The normalized spacial score (nSPS) is 18.0. The van der Waals surface area contributed by atoms with E-state index < -0.39 is 11.7 Å². The summed E-state index contributed by atoms with van der Waals surface area (Å²) in [5.41, 5.74) is -0.578. The van der Waals surface area contributed by atoms with E-state index in [1.165, 1.54) is 12.1 Å². The topological polar surface area (TPSA) is 69.7 Å². The summed E-state index contributed by atoms with van der Waals surface area (Å²) in [7, 11) is 0. The monoisotopic (exact) mass is 425 g/mol. The van der Waals surface area contributed by atoms with Crippen LogP contribution in [0.15, 0.2) is 24.3 Å². The summed E-state index contributed by atoms with van der Waals surface area (Å²) in [4.78, 5) is 39.8. The average Bonchev–Trinajstić information content (AvgIpc) is 3.15. The smallest absolute Gasteiger partial charge is 0.356 e. The summed E-state index contributed by atoms with van der Waals surface area (Å²) in [6.45, 7) is 2.73. The number of likely N-dealkylation sites (tertiary alicyclic amines) is 2. The van der Waals surface area contributed by atoms with E-state index in [9.17, 15) is 27.6 Å². The van der Waals surface area contributed by atoms with E-state index in [4.69, 9.17) is 0 Å². The Morgan fingerprint density at radius 1 is 1.07 bits per heavy atom. The molecule has 2 saturated heterocycles. The fourth-order valence-corrected chi connectivity index (χ4v) is 3.90. The zero-order chi connectivity index (χ0) is 21.7. The average molecular weight is 425 g/mol. The second-order valence-corrected chi connectivity index (χ2v) is 7.77. The van der Waals surface area contributed by atoms with Crippen LogP contribution in [0.3, 0.4) is 0 Å². The van der Waals surface area contributed by atoms with E-state index in [1.54, 1.807) is 4.90 Å². The van der Waals surface area contributed by atoms with Crippen molar-refractivity contribution in [2.24, 2.45) is 5.92 Å². The Labute approximate surface area is 173 Å². The number of hydrogen-bond acceptors (Lipinski definition) is 3. The Morgan fingerprint density at radius 2 is 1.73 bits per heavy atom. The summed E-state index contributed by atoms with van der Waals surface area (Å²) >= 11 is 0. The molecule has 2 fully saturated rings. The molecule has 0 unspecified atom stereocenters. The van der Waals surface area contributed by atoms with Gasteiger partial charge < -0.3 is 15.1 Å². The number of halogens is 3. The molecule has 9 heteroatoms. The molecule has 0 atom stereocenters. The molecule has 6 nitrogen and oxygen atoms in total. The molecule has 0 radical (unpaired) electrons. The van der Waals surface area contributed by atoms with Crippen LogP contribution in [0.1, 0.15) is 48.0 Å². The number of benzene rings is 1. The second kappa shape index (κ2) is 9.49. The third-order valence-corrected chi connectivity index (χ3v) is 5.69. The van der Waals surface area contributed by atoms with Gasteiger partial charge in [0.15, 0.2) is 0 Å². The van der Waals surface area contributed by atoms with Gasteiger partial charge in [-0.05, 0) is 49.9 Å². The van der Waals surface area contributed by atoms with Crippen LogP contribution in [0.2, 0.25) is 0 Å². The highest BCUT2D eigenvalue weighted by atomic mass is 19.4. The van der Waals surface area contributed by atoms with Crippen LogP contribution in [0.5, 0.6) is 0 Å². The molecule has 0 bridgehead atoms. The van der Waals surface area contributed by atoms with Gasteiger partial charge >= 0.3 is 6.18 Å². The first-order chi connectivity index (χ1) is 14.3. The SMILES string of the molecule is O=C(NCCCN1CCCC1=O)C1CCN(C(=O)c2ccc(C(F)(F)F)cc2)CC1. The quantitative estimate of drug-likeness (QED) is 0.713. The van der Waals surface area contributed by atoms with Crippen LogP contribution in [0.4, 0.5) is 13.2 Å². The lowest BCUT2D eigenvalue weighted by Crippen LogP contribution is -2.43. The molecule has 1 aromatic carbocycles. The van der Waals surface area contributed by atoms with Crippen LogP contribution < -0.4 is 5.32 Å². The highest BCUT2D eigenvalue weighted by Crippen LogP contribution is 2.29. The van der Waals surface area contributed by atoms with Gasteiger partial charge in [0, 0.05) is 50.6 Å². The zero-order valence-electron chi connectivity index (χ0n) is 16.7. The van der Waals surface area contributed by atoms with E-state index in [2.05, 4.69) is 5.32 Å². The number of alkyl halides is 3. The lowest BCUT2D eigenvalue weighted by Gasteiger charge is -2.31. The predicted octanol–water partition coefficient (Wildman–Crippen LogP) is 2.69. The highest BCUT2D eigenvalue weighted by molar-refractivity contribution is 5.94. The van der Waals surface area contributed by atoms with Crippen molar-refractivity contribution in [2.75, 3.05) is 32.7 Å². The molecule has 164 valence electrons. The van der Waals surface area contributed by atoms with E-state index in [1.807, 2.05) is 4.90 Å². The minimum atomic E-state index is -4.43. The number of amides is 3. The highest BCUT2D eigenvalue weighted by Gasteiger charge is 2.31. The van der Waals surface area contributed by atoms with Crippen LogP contribution >= 0.6 is 0 Å². The molecule has 3 rings (SSSR count). The van der Waals surface area contributed by atoms with Gasteiger partial charge in [0.1, 0.15) is 0 Å². The molecule has 3 amide bonds. The minimum Gasteiger partial charge on any atom is -0.356 e. The molecule has 1 N–H and O–H groups in total. The fraction of sp³-hybridized carbons (Fsp3) is 0.571. The van der Waals surface area contributed by atoms with E-state index in [0.717, 1.165) is 25.1 Å². The van der Waals surface area contributed by atoms with Gasteiger partial charge in [-0.1, -0.05) is 0 Å². The van der Waals surface area contributed by atoms with Crippen LogP contribution in [-0.4, -0.2) is 60.2 Å². The van der Waals surface area contributed by atoms with Crippen molar-refractivity contribution in [2.45, 2.75) is 38.3 Å². The van der Waals surface area contributed by atoms with E-state index in [0.29, 0.717) is 51.9 Å². The van der Waals surface area contributed by atoms with Gasteiger partial charge in [-0.2, -0.15) is 13.2 Å².